The highest BCUT2D eigenvalue weighted by molar-refractivity contribution is 5.95. The topological polar surface area (TPSA) is 44.8 Å². The molecule has 4 heteroatoms. The fourth-order valence-electron chi connectivity index (χ4n) is 1.85. The monoisotopic (exact) mass is 232 g/mol. The minimum absolute atomic E-state index is 0.355. The van der Waals surface area contributed by atoms with Crippen LogP contribution in [-0.2, 0) is 4.74 Å². The number of carbonyl (C=O) groups excluding carboxylic acids is 1. The van der Waals surface area contributed by atoms with E-state index in [1.807, 2.05) is 0 Å². The van der Waals surface area contributed by atoms with Gasteiger partial charge in [-0.15, -0.1) is 12.3 Å². The van der Waals surface area contributed by atoms with Crippen molar-refractivity contribution in [1.29, 1.82) is 0 Å². The Balaban J connectivity index is 2.51. The minimum Gasteiger partial charge on any atom is -0.493 e. The van der Waals surface area contributed by atoms with Gasteiger partial charge in [-0.25, -0.2) is 4.79 Å². The van der Waals surface area contributed by atoms with Crippen molar-refractivity contribution in [3.8, 4) is 23.8 Å². The van der Waals surface area contributed by atoms with Crippen molar-refractivity contribution in [3.63, 3.8) is 0 Å². The van der Waals surface area contributed by atoms with Crippen LogP contribution in [0, 0.1) is 12.3 Å². The molecule has 1 aliphatic heterocycles. The Morgan fingerprint density at radius 2 is 2.00 bits per heavy atom. The highest BCUT2D eigenvalue weighted by Crippen LogP contribution is 2.39. The highest BCUT2D eigenvalue weighted by Gasteiger charge is 2.32. The van der Waals surface area contributed by atoms with E-state index in [1.165, 1.54) is 14.2 Å². The lowest BCUT2D eigenvalue weighted by Crippen LogP contribution is -1.97. The molecule has 0 amide bonds. The lowest BCUT2D eigenvalue weighted by molar-refractivity contribution is 0.0396. The number of rotatable bonds is 3. The predicted octanol–water partition coefficient (Wildman–Crippen LogP) is 1.94. The first kappa shape index (κ1) is 11.3. The molecular formula is C13H12O4. The molecule has 88 valence electrons. The van der Waals surface area contributed by atoms with Gasteiger partial charge in [-0.2, -0.15) is 0 Å². The smallest absolute Gasteiger partial charge is 0.339 e. The molecule has 1 aromatic carbocycles. The predicted molar refractivity (Wildman–Crippen MR) is 61.2 cm³/mol. The van der Waals surface area contributed by atoms with E-state index in [4.69, 9.17) is 20.6 Å². The Morgan fingerprint density at radius 3 is 2.59 bits per heavy atom. The van der Waals surface area contributed by atoms with E-state index in [0.29, 0.717) is 23.5 Å². The summed E-state index contributed by atoms with van der Waals surface area (Å²) in [5.74, 6) is 3.18. The van der Waals surface area contributed by atoms with Crippen LogP contribution in [0.2, 0.25) is 0 Å². The van der Waals surface area contributed by atoms with Gasteiger partial charge in [0.2, 0.25) is 0 Å². The van der Waals surface area contributed by atoms with E-state index >= 15 is 0 Å². The van der Waals surface area contributed by atoms with Crippen molar-refractivity contribution >= 4 is 5.97 Å². The SMILES string of the molecule is C#CCC1OC(=O)c2cc(OC)c(OC)cc21. The maximum absolute atomic E-state index is 11.6. The Bertz CT molecular complexity index is 499. The van der Waals surface area contributed by atoms with Crippen LogP contribution in [0.3, 0.4) is 0 Å². The number of hydrogen-bond acceptors (Lipinski definition) is 4. The molecule has 0 bridgehead atoms. The van der Waals surface area contributed by atoms with Gasteiger partial charge >= 0.3 is 5.97 Å². The van der Waals surface area contributed by atoms with Gasteiger partial charge in [0, 0.05) is 5.56 Å². The van der Waals surface area contributed by atoms with Crippen LogP contribution in [0.4, 0.5) is 0 Å². The van der Waals surface area contributed by atoms with Gasteiger partial charge in [0.1, 0.15) is 6.10 Å². The van der Waals surface area contributed by atoms with Crippen molar-refractivity contribution in [1.82, 2.24) is 0 Å². The molecule has 0 saturated heterocycles. The zero-order chi connectivity index (χ0) is 12.4. The fraction of sp³-hybridized carbons (Fsp3) is 0.308. The maximum atomic E-state index is 11.6. The van der Waals surface area contributed by atoms with Crippen LogP contribution in [0.25, 0.3) is 0 Å². The summed E-state index contributed by atoms with van der Waals surface area (Å²) in [6.45, 7) is 0. The first-order valence-corrected chi connectivity index (χ1v) is 5.11. The number of carbonyl (C=O) groups is 1. The molecule has 1 aliphatic rings. The van der Waals surface area contributed by atoms with Gasteiger partial charge < -0.3 is 14.2 Å². The van der Waals surface area contributed by atoms with Crippen LogP contribution in [-0.4, -0.2) is 20.2 Å². The van der Waals surface area contributed by atoms with E-state index in [2.05, 4.69) is 5.92 Å². The number of benzene rings is 1. The number of cyclic esters (lactones) is 1. The molecule has 2 rings (SSSR count). The Hall–Kier alpha value is -2.15. The Labute approximate surface area is 99.5 Å². The molecule has 1 heterocycles. The maximum Gasteiger partial charge on any atom is 0.339 e. The standard InChI is InChI=1S/C13H12O4/c1-4-5-10-8-6-11(15-2)12(16-3)7-9(8)13(14)17-10/h1,6-7,10H,5H2,2-3H3. The third-order valence-electron chi connectivity index (χ3n) is 2.68. The van der Waals surface area contributed by atoms with Crippen molar-refractivity contribution in [2.45, 2.75) is 12.5 Å². The lowest BCUT2D eigenvalue weighted by Gasteiger charge is -2.10. The van der Waals surface area contributed by atoms with Gasteiger partial charge in [-0.3, -0.25) is 0 Å². The van der Waals surface area contributed by atoms with Gasteiger partial charge in [0.15, 0.2) is 11.5 Å². The molecule has 0 radical (unpaired) electrons. The zero-order valence-corrected chi connectivity index (χ0v) is 9.65. The summed E-state index contributed by atoms with van der Waals surface area (Å²) in [6, 6.07) is 3.36. The first-order chi connectivity index (χ1) is 8.21. The molecule has 0 aromatic heterocycles. The quantitative estimate of drug-likeness (QED) is 0.590. The highest BCUT2D eigenvalue weighted by atomic mass is 16.5. The Morgan fingerprint density at radius 1 is 1.35 bits per heavy atom. The largest absolute Gasteiger partial charge is 0.493 e. The second-order valence-corrected chi connectivity index (χ2v) is 3.60. The number of ether oxygens (including phenoxy) is 3. The molecule has 1 aromatic rings. The van der Waals surface area contributed by atoms with Crippen molar-refractivity contribution in [2.75, 3.05) is 14.2 Å². The van der Waals surface area contributed by atoms with Gasteiger partial charge in [-0.1, -0.05) is 0 Å². The van der Waals surface area contributed by atoms with E-state index in [-0.39, 0.29) is 12.1 Å². The van der Waals surface area contributed by atoms with Crippen molar-refractivity contribution in [2.24, 2.45) is 0 Å². The molecule has 0 N–H and O–H groups in total. The number of terminal acetylenes is 1. The second-order valence-electron chi connectivity index (χ2n) is 3.60. The summed E-state index contributed by atoms with van der Waals surface area (Å²) in [6.07, 6.45) is 5.21. The van der Waals surface area contributed by atoms with Crippen molar-refractivity contribution < 1.29 is 19.0 Å². The van der Waals surface area contributed by atoms with Gasteiger partial charge in [0.05, 0.1) is 26.2 Å². The summed E-state index contributed by atoms with van der Waals surface area (Å²) in [5.41, 5.74) is 1.24. The fourth-order valence-corrected chi connectivity index (χ4v) is 1.85. The number of esters is 1. The molecule has 1 atom stereocenters. The molecule has 1 unspecified atom stereocenters. The first-order valence-electron chi connectivity index (χ1n) is 5.11. The van der Waals surface area contributed by atoms with Crippen LogP contribution in [0.15, 0.2) is 12.1 Å². The van der Waals surface area contributed by atoms with Crippen LogP contribution < -0.4 is 9.47 Å². The van der Waals surface area contributed by atoms with Gasteiger partial charge in [-0.05, 0) is 12.1 Å². The van der Waals surface area contributed by atoms with E-state index in [0.717, 1.165) is 5.56 Å². The lowest BCUT2D eigenvalue weighted by atomic mass is 10.0. The summed E-state index contributed by atoms with van der Waals surface area (Å²) >= 11 is 0. The summed E-state index contributed by atoms with van der Waals surface area (Å²) in [7, 11) is 3.06. The van der Waals surface area contributed by atoms with E-state index in [9.17, 15) is 4.79 Å². The zero-order valence-electron chi connectivity index (χ0n) is 9.65. The Kier molecular flexibility index (Phi) is 2.92. The van der Waals surface area contributed by atoms with E-state index < -0.39 is 0 Å². The van der Waals surface area contributed by atoms with E-state index in [1.54, 1.807) is 12.1 Å². The molecular weight excluding hydrogens is 220 g/mol. The third-order valence-corrected chi connectivity index (χ3v) is 2.68. The molecule has 4 nitrogen and oxygen atoms in total. The normalized spacial score (nSPS) is 17.0. The third kappa shape index (κ3) is 1.80. The number of fused-ring (bicyclic) bond motifs is 1. The average Bonchev–Trinajstić information content (AvgIpc) is 2.65. The molecule has 0 saturated carbocycles. The van der Waals surface area contributed by atoms with Crippen molar-refractivity contribution in [3.05, 3.63) is 23.3 Å². The van der Waals surface area contributed by atoms with Crippen LogP contribution in [0.5, 0.6) is 11.5 Å². The minimum atomic E-state index is -0.387. The number of methoxy groups -OCH3 is 2. The second kappa shape index (κ2) is 4.38. The molecule has 0 fully saturated rings. The molecule has 17 heavy (non-hydrogen) atoms. The molecule has 0 aliphatic carbocycles. The summed E-state index contributed by atoms with van der Waals surface area (Å²) in [4.78, 5) is 11.6. The average molecular weight is 232 g/mol. The summed E-state index contributed by atoms with van der Waals surface area (Å²) in [5, 5.41) is 0. The molecule has 0 spiro atoms. The van der Waals surface area contributed by atoms with Crippen LogP contribution in [0.1, 0.15) is 28.4 Å². The van der Waals surface area contributed by atoms with Gasteiger partial charge in [0.25, 0.3) is 0 Å². The summed E-state index contributed by atoms with van der Waals surface area (Å²) < 4.78 is 15.5. The number of hydrogen-bond donors (Lipinski definition) is 0. The van der Waals surface area contributed by atoms with Crippen LogP contribution >= 0.6 is 0 Å².